The van der Waals surface area contributed by atoms with Gasteiger partial charge in [-0.05, 0) is 24.3 Å². The van der Waals surface area contributed by atoms with E-state index in [-0.39, 0.29) is 0 Å². The van der Waals surface area contributed by atoms with Gasteiger partial charge in [0.05, 0.1) is 0 Å². The van der Waals surface area contributed by atoms with Gasteiger partial charge in [-0.2, -0.15) is 0 Å². The minimum absolute atomic E-state index is 0.303. The third-order valence-corrected chi connectivity index (χ3v) is 3.79. The van der Waals surface area contributed by atoms with Crippen molar-refractivity contribution in [2.24, 2.45) is 0 Å². The highest BCUT2D eigenvalue weighted by atomic mass is 16.2. The van der Waals surface area contributed by atoms with E-state index >= 15 is 0 Å². The molecule has 2 rings (SSSR count). The van der Waals surface area contributed by atoms with Crippen LogP contribution in [-0.2, 0) is 4.79 Å². The van der Waals surface area contributed by atoms with Crippen molar-refractivity contribution >= 4 is 5.91 Å². The van der Waals surface area contributed by atoms with Crippen LogP contribution in [0.15, 0.2) is 30.3 Å². The van der Waals surface area contributed by atoms with Crippen LogP contribution in [0.4, 0.5) is 0 Å². The Labute approximate surface area is 116 Å². The minimum atomic E-state index is 0.303. The molecule has 104 valence electrons. The minimum Gasteiger partial charge on any atom is -0.343 e. The maximum Gasteiger partial charge on any atom is 0.223 e. The Morgan fingerprint density at radius 3 is 2.63 bits per heavy atom. The molecular weight excluding hydrogens is 236 g/mol. The molecule has 1 heterocycles. The zero-order chi connectivity index (χ0) is 13.5. The first kappa shape index (κ1) is 14.1. The van der Waals surface area contributed by atoms with Gasteiger partial charge in [-0.25, -0.2) is 0 Å². The van der Waals surface area contributed by atoms with Gasteiger partial charge in [0, 0.05) is 32.6 Å². The molecule has 0 aromatic heterocycles. The number of carbonyl (C=O) groups excluding carboxylic acids is 1. The lowest BCUT2D eigenvalue weighted by molar-refractivity contribution is -0.130. The average Bonchev–Trinajstić information content (AvgIpc) is 2.98. The zero-order valence-corrected chi connectivity index (χ0v) is 11.8. The van der Waals surface area contributed by atoms with E-state index in [0.29, 0.717) is 18.2 Å². The van der Waals surface area contributed by atoms with Crippen LogP contribution in [0.5, 0.6) is 0 Å². The Hall–Kier alpha value is -1.35. The van der Waals surface area contributed by atoms with E-state index in [4.69, 9.17) is 0 Å². The Morgan fingerprint density at radius 2 is 1.95 bits per heavy atom. The molecule has 0 radical (unpaired) electrons. The van der Waals surface area contributed by atoms with Crippen LogP contribution in [0.2, 0.25) is 0 Å². The first-order valence-electron chi connectivity index (χ1n) is 7.31. The molecule has 1 fully saturated rings. The Morgan fingerprint density at radius 1 is 1.26 bits per heavy atom. The van der Waals surface area contributed by atoms with Crippen LogP contribution in [-0.4, -0.2) is 37.0 Å². The fourth-order valence-electron chi connectivity index (χ4n) is 2.54. The van der Waals surface area contributed by atoms with Gasteiger partial charge >= 0.3 is 0 Å². The molecule has 0 bridgehead atoms. The average molecular weight is 260 g/mol. The number of hydrogen-bond donors (Lipinski definition) is 1. The number of rotatable bonds is 6. The molecule has 0 saturated carbocycles. The van der Waals surface area contributed by atoms with Crippen molar-refractivity contribution in [1.82, 2.24) is 10.2 Å². The first-order valence-corrected chi connectivity index (χ1v) is 7.31. The summed E-state index contributed by atoms with van der Waals surface area (Å²) in [7, 11) is 0. The second-order valence-corrected chi connectivity index (χ2v) is 5.35. The third-order valence-electron chi connectivity index (χ3n) is 3.79. The van der Waals surface area contributed by atoms with Crippen LogP contribution in [0, 0.1) is 0 Å². The van der Waals surface area contributed by atoms with E-state index in [1.54, 1.807) is 0 Å². The van der Waals surface area contributed by atoms with Crippen molar-refractivity contribution in [3.8, 4) is 0 Å². The molecule has 19 heavy (non-hydrogen) atoms. The summed E-state index contributed by atoms with van der Waals surface area (Å²) in [5.41, 5.74) is 1.35. The molecule has 1 saturated heterocycles. The molecule has 1 aromatic carbocycles. The van der Waals surface area contributed by atoms with Gasteiger partial charge < -0.3 is 10.2 Å². The molecular formula is C16H24N2O. The van der Waals surface area contributed by atoms with Crippen LogP contribution >= 0.6 is 0 Å². The van der Waals surface area contributed by atoms with Gasteiger partial charge in [-0.15, -0.1) is 0 Å². The van der Waals surface area contributed by atoms with Gasteiger partial charge in [-0.3, -0.25) is 4.79 Å². The highest BCUT2D eigenvalue weighted by Gasteiger charge is 2.16. The number of hydrogen-bond acceptors (Lipinski definition) is 2. The predicted octanol–water partition coefficient (Wildman–Crippen LogP) is 2.39. The SMILES string of the molecule is CC(CNCCC(=O)N1CCCC1)c1ccccc1. The first-order chi connectivity index (χ1) is 9.27. The molecule has 1 unspecified atom stereocenters. The van der Waals surface area contributed by atoms with Crippen molar-refractivity contribution in [2.45, 2.75) is 32.1 Å². The maximum absolute atomic E-state index is 11.8. The molecule has 1 aromatic rings. The van der Waals surface area contributed by atoms with Crippen molar-refractivity contribution < 1.29 is 4.79 Å². The van der Waals surface area contributed by atoms with Gasteiger partial charge in [0.2, 0.25) is 5.91 Å². The van der Waals surface area contributed by atoms with Crippen LogP contribution < -0.4 is 5.32 Å². The summed E-state index contributed by atoms with van der Waals surface area (Å²) >= 11 is 0. The van der Waals surface area contributed by atoms with Crippen molar-refractivity contribution in [3.05, 3.63) is 35.9 Å². The highest BCUT2D eigenvalue weighted by molar-refractivity contribution is 5.76. The van der Waals surface area contributed by atoms with Gasteiger partial charge in [0.25, 0.3) is 0 Å². The Bertz CT molecular complexity index is 385. The quantitative estimate of drug-likeness (QED) is 0.797. The molecule has 1 aliphatic heterocycles. The molecule has 1 atom stereocenters. The summed E-state index contributed by atoms with van der Waals surface area (Å²) in [5.74, 6) is 0.792. The number of amides is 1. The van der Waals surface area contributed by atoms with Crippen LogP contribution in [0.3, 0.4) is 0 Å². The summed E-state index contributed by atoms with van der Waals surface area (Å²) in [4.78, 5) is 13.8. The third kappa shape index (κ3) is 4.35. The van der Waals surface area contributed by atoms with Crippen LogP contribution in [0.25, 0.3) is 0 Å². The number of nitrogens with one attached hydrogen (secondary N) is 1. The lowest BCUT2D eigenvalue weighted by atomic mass is 10.0. The topological polar surface area (TPSA) is 32.3 Å². The van der Waals surface area contributed by atoms with Crippen molar-refractivity contribution in [2.75, 3.05) is 26.2 Å². The second-order valence-electron chi connectivity index (χ2n) is 5.35. The Balaban J connectivity index is 1.62. The number of carbonyl (C=O) groups is 1. The summed E-state index contributed by atoms with van der Waals surface area (Å²) < 4.78 is 0. The summed E-state index contributed by atoms with van der Waals surface area (Å²) in [5, 5.41) is 3.39. The van der Waals surface area contributed by atoms with E-state index in [1.165, 1.54) is 18.4 Å². The molecule has 3 nitrogen and oxygen atoms in total. The molecule has 0 aliphatic carbocycles. The van der Waals surface area contributed by atoms with E-state index in [1.807, 2.05) is 11.0 Å². The number of benzene rings is 1. The van der Waals surface area contributed by atoms with Gasteiger partial charge in [0.1, 0.15) is 0 Å². The maximum atomic E-state index is 11.8. The fraction of sp³-hybridized carbons (Fsp3) is 0.562. The van der Waals surface area contributed by atoms with E-state index < -0.39 is 0 Å². The monoisotopic (exact) mass is 260 g/mol. The molecule has 1 N–H and O–H groups in total. The largest absolute Gasteiger partial charge is 0.343 e. The normalized spacial score (nSPS) is 16.6. The number of nitrogens with zero attached hydrogens (tertiary/aromatic N) is 1. The summed E-state index contributed by atoms with van der Waals surface area (Å²) in [6.07, 6.45) is 2.97. The predicted molar refractivity (Wildman–Crippen MR) is 78.2 cm³/mol. The number of likely N-dealkylation sites (tertiary alicyclic amines) is 1. The molecule has 1 aliphatic rings. The summed E-state index contributed by atoms with van der Waals surface area (Å²) in [6.45, 7) is 5.84. The van der Waals surface area contributed by atoms with Crippen LogP contribution in [0.1, 0.15) is 37.7 Å². The standard InChI is InChI=1S/C16H24N2O/c1-14(15-7-3-2-4-8-15)13-17-10-9-16(19)18-11-5-6-12-18/h2-4,7-8,14,17H,5-6,9-13H2,1H3. The van der Waals surface area contributed by atoms with Crippen molar-refractivity contribution in [3.63, 3.8) is 0 Å². The second kappa shape index (κ2) is 7.29. The van der Waals surface area contributed by atoms with E-state index in [2.05, 4.69) is 36.5 Å². The smallest absolute Gasteiger partial charge is 0.223 e. The van der Waals surface area contributed by atoms with Gasteiger partial charge in [-0.1, -0.05) is 37.3 Å². The van der Waals surface area contributed by atoms with Gasteiger partial charge in [0.15, 0.2) is 0 Å². The summed E-state index contributed by atoms with van der Waals surface area (Å²) in [6, 6.07) is 10.5. The zero-order valence-electron chi connectivity index (χ0n) is 11.8. The van der Waals surface area contributed by atoms with E-state index in [9.17, 15) is 4.79 Å². The molecule has 1 amide bonds. The lowest BCUT2D eigenvalue weighted by Gasteiger charge is -2.16. The highest BCUT2D eigenvalue weighted by Crippen LogP contribution is 2.13. The van der Waals surface area contributed by atoms with Crippen molar-refractivity contribution in [1.29, 1.82) is 0 Å². The Kier molecular flexibility index (Phi) is 5.40. The molecule has 3 heteroatoms. The van der Waals surface area contributed by atoms with E-state index in [0.717, 1.165) is 26.2 Å². The fourth-order valence-corrected chi connectivity index (χ4v) is 2.54. The lowest BCUT2D eigenvalue weighted by Crippen LogP contribution is -2.31. The molecule has 0 spiro atoms.